The molecule has 3 aromatic rings. The molecule has 136 valence electrons. The van der Waals surface area contributed by atoms with Crippen molar-refractivity contribution in [1.29, 1.82) is 0 Å². The number of aromatic nitrogens is 1. The lowest BCUT2D eigenvalue weighted by molar-refractivity contribution is 0.0692. The van der Waals surface area contributed by atoms with Crippen molar-refractivity contribution in [3.05, 3.63) is 54.1 Å². The predicted octanol–water partition coefficient (Wildman–Crippen LogP) is 4.21. The number of oxazole rings is 1. The topological polar surface area (TPSA) is 75.8 Å². The summed E-state index contributed by atoms with van der Waals surface area (Å²) < 4.78 is 11.6. The van der Waals surface area contributed by atoms with E-state index < -0.39 is 5.97 Å². The molecular weight excluding hydrogens is 332 g/mol. The smallest absolute Gasteiger partial charge is 0.339 e. The van der Waals surface area contributed by atoms with Gasteiger partial charge in [0.1, 0.15) is 23.4 Å². The molecule has 0 aliphatic rings. The SMILES string of the molecule is CCCCN(CCOc1ccccc1C(=O)O)c1nc2ccccc2o1. The van der Waals surface area contributed by atoms with E-state index >= 15 is 0 Å². The first-order valence-electron chi connectivity index (χ1n) is 8.74. The molecule has 1 aromatic heterocycles. The lowest BCUT2D eigenvalue weighted by atomic mass is 10.2. The summed E-state index contributed by atoms with van der Waals surface area (Å²) in [5.41, 5.74) is 1.73. The molecule has 6 nitrogen and oxygen atoms in total. The number of aromatic carboxylic acids is 1. The van der Waals surface area contributed by atoms with Crippen molar-refractivity contribution >= 4 is 23.1 Å². The second-order valence-electron chi connectivity index (χ2n) is 5.95. The standard InChI is InChI=1S/C20H22N2O4/c1-2-3-12-22(20-21-16-9-5-7-11-18(16)26-20)13-14-25-17-10-6-4-8-15(17)19(23)24/h4-11H,2-3,12-14H2,1H3,(H,23,24). The van der Waals surface area contributed by atoms with Crippen molar-refractivity contribution in [2.45, 2.75) is 19.8 Å². The third-order valence-electron chi connectivity index (χ3n) is 4.07. The van der Waals surface area contributed by atoms with E-state index in [2.05, 4.69) is 11.9 Å². The molecule has 0 aliphatic carbocycles. The second-order valence-corrected chi connectivity index (χ2v) is 5.95. The monoisotopic (exact) mass is 354 g/mol. The fourth-order valence-electron chi connectivity index (χ4n) is 2.68. The first-order valence-corrected chi connectivity index (χ1v) is 8.74. The van der Waals surface area contributed by atoms with Crippen LogP contribution in [0.25, 0.3) is 11.1 Å². The van der Waals surface area contributed by atoms with Gasteiger partial charge in [-0.2, -0.15) is 4.98 Å². The molecule has 0 unspecified atom stereocenters. The largest absolute Gasteiger partial charge is 0.491 e. The number of carboxylic acid groups (broad SMARTS) is 1. The average Bonchev–Trinajstić information content (AvgIpc) is 3.08. The molecule has 0 atom stereocenters. The van der Waals surface area contributed by atoms with Gasteiger partial charge in [-0.15, -0.1) is 0 Å². The fraction of sp³-hybridized carbons (Fsp3) is 0.300. The molecule has 1 heterocycles. The van der Waals surface area contributed by atoms with Crippen molar-refractivity contribution in [3.8, 4) is 5.75 Å². The Morgan fingerprint density at radius 3 is 2.69 bits per heavy atom. The van der Waals surface area contributed by atoms with Crippen molar-refractivity contribution in [3.63, 3.8) is 0 Å². The number of carboxylic acids is 1. The van der Waals surface area contributed by atoms with Gasteiger partial charge >= 0.3 is 5.97 Å². The van der Waals surface area contributed by atoms with E-state index in [0.29, 0.717) is 24.9 Å². The van der Waals surface area contributed by atoms with Gasteiger partial charge in [0, 0.05) is 6.54 Å². The molecule has 0 spiro atoms. The summed E-state index contributed by atoms with van der Waals surface area (Å²) in [6, 6.07) is 14.9. The van der Waals surface area contributed by atoms with Crippen LogP contribution in [0.5, 0.6) is 5.75 Å². The minimum absolute atomic E-state index is 0.162. The van der Waals surface area contributed by atoms with Crippen molar-refractivity contribution in [1.82, 2.24) is 4.98 Å². The van der Waals surface area contributed by atoms with Gasteiger partial charge in [-0.25, -0.2) is 4.79 Å². The Morgan fingerprint density at radius 2 is 1.92 bits per heavy atom. The van der Waals surface area contributed by atoms with Crippen LogP contribution >= 0.6 is 0 Å². The molecule has 0 radical (unpaired) electrons. The molecule has 3 rings (SSSR count). The lowest BCUT2D eigenvalue weighted by Crippen LogP contribution is -2.29. The van der Waals surface area contributed by atoms with Crippen LogP contribution in [-0.4, -0.2) is 35.8 Å². The van der Waals surface area contributed by atoms with E-state index in [4.69, 9.17) is 9.15 Å². The molecule has 0 aliphatic heterocycles. The predicted molar refractivity (Wildman–Crippen MR) is 100 cm³/mol. The molecule has 1 N–H and O–H groups in total. The highest BCUT2D eigenvalue weighted by Crippen LogP contribution is 2.22. The highest BCUT2D eigenvalue weighted by Gasteiger charge is 2.15. The first kappa shape index (κ1) is 17.8. The lowest BCUT2D eigenvalue weighted by Gasteiger charge is -2.20. The normalized spacial score (nSPS) is 10.8. The number of unbranched alkanes of at least 4 members (excludes halogenated alkanes) is 1. The van der Waals surface area contributed by atoms with Gasteiger partial charge in [-0.3, -0.25) is 0 Å². The highest BCUT2D eigenvalue weighted by atomic mass is 16.5. The summed E-state index contributed by atoms with van der Waals surface area (Å²) in [5, 5.41) is 9.23. The summed E-state index contributed by atoms with van der Waals surface area (Å²) in [7, 11) is 0. The number of ether oxygens (including phenoxy) is 1. The number of benzene rings is 2. The number of carbonyl (C=O) groups is 1. The zero-order valence-electron chi connectivity index (χ0n) is 14.7. The van der Waals surface area contributed by atoms with Crippen LogP contribution in [0.3, 0.4) is 0 Å². The maximum atomic E-state index is 11.3. The van der Waals surface area contributed by atoms with Gasteiger partial charge < -0.3 is 19.2 Å². The zero-order chi connectivity index (χ0) is 18.4. The third-order valence-corrected chi connectivity index (χ3v) is 4.07. The number of rotatable bonds is 9. The van der Waals surface area contributed by atoms with E-state index in [1.54, 1.807) is 18.2 Å². The first-order chi connectivity index (χ1) is 12.7. The molecule has 26 heavy (non-hydrogen) atoms. The van der Waals surface area contributed by atoms with Gasteiger partial charge in [0.25, 0.3) is 6.01 Å². The highest BCUT2D eigenvalue weighted by molar-refractivity contribution is 5.90. The van der Waals surface area contributed by atoms with Gasteiger partial charge in [0.05, 0.1) is 6.54 Å². The minimum atomic E-state index is -0.998. The van der Waals surface area contributed by atoms with Crippen molar-refractivity contribution in [2.24, 2.45) is 0 Å². The van der Waals surface area contributed by atoms with Crippen molar-refractivity contribution in [2.75, 3.05) is 24.6 Å². The van der Waals surface area contributed by atoms with Crippen LogP contribution in [0, 0.1) is 0 Å². The minimum Gasteiger partial charge on any atom is -0.491 e. The third kappa shape index (κ3) is 4.14. The molecule has 0 saturated carbocycles. The Balaban J connectivity index is 1.70. The molecule has 0 amide bonds. The Hall–Kier alpha value is -3.02. The summed E-state index contributed by atoms with van der Waals surface area (Å²) in [4.78, 5) is 17.8. The summed E-state index contributed by atoms with van der Waals surface area (Å²) in [6.07, 6.45) is 2.06. The van der Waals surface area contributed by atoms with Crippen LogP contribution in [0.2, 0.25) is 0 Å². The molecule has 0 fully saturated rings. The number of anilines is 1. The van der Waals surface area contributed by atoms with Gasteiger partial charge in [0.2, 0.25) is 0 Å². The number of hydrogen-bond acceptors (Lipinski definition) is 5. The van der Waals surface area contributed by atoms with Crippen molar-refractivity contribution < 1.29 is 19.1 Å². The molecule has 0 bridgehead atoms. The van der Waals surface area contributed by atoms with Crippen LogP contribution < -0.4 is 9.64 Å². The van der Waals surface area contributed by atoms with Crippen LogP contribution in [-0.2, 0) is 0 Å². The Bertz CT molecular complexity index is 842. The maximum absolute atomic E-state index is 11.3. The number of hydrogen-bond donors (Lipinski definition) is 1. The van der Waals surface area contributed by atoms with E-state index in [-0.39, 0.29) is 5.56 Å². The van der Waals surface area contributed by atoms with Gasteiger partial charge in [0.15, 0.2) is 5.58 Å². The molecule has 2 aromatic carbocycles. The summed E-state index contributed by atoms with van der Waals surface area (Å²) >= 11 is 0. The summed E-state index contributed by atoms with van der Waals surface area (Å²) in [6.45, 7) is 3.82. The number of para-hydroxylation sites is 3. The van der Waals surface area contributed by atoms with E-state index in [0.717, 1.165) is 30.5 Å². The fourth-order valence-corrected chi connectivity index (χ4v) is 2.68. The zero-order valence-corrected chi connectivity index (χ0v) is 14.7. The van der Waals surface area contributed by atoms with Gasteiger partial charge in [-0.05, 0) is 30.7 Å². The summed E-state index contributed by atoms with van der Waals surface area (Å²) in [5.74, 6) is -0.629. The second kappa shape index (κ2) is 8.38. The average molecular weight is 354 g/mol. The van der Waals surface area contributed by atoms with E-state index in [9.17, 15) is 9.90 Å². The number of nitrogens with zero attached hydrogens (tertiary/aromatic N) is 2. The maximum Gasteiger partial charge on any atom is 0.339 e. The van der Waals surface area contributed by atoms with Crippen LogP contribution in [0.1, 0.15) is 30.1 Å². The Morgan fingerprint density at radius 1 is 1.15 bits per heavy atom. The Kier molecular flexibility index (Phi) is 5.73. The number of fused-ring (bicyclic) bond motifs is 1. The quantitative estimate of drug-likeness (QED) is 0.620. The molecular formula is C20H22N2O4. The van der Waals surface area contributed by atoms with Gasteiger partial charge in [-0.1, -0.05) is 37.6 Å². The Labute approximate surface area is 152 Å². The van der Waals surface area contributed by atoms with Crippen LogP contribution in [0.15, 0.2) is 52.9 Å². The molecule has 0 saturated heterocycles. The van der Waals surface area contributed by atoms with E-state index in [1.807, 2.05) is 29.2 Å². The van der Waals surface area contributed by atoms with Crippen LogP contribution in [0.4, 0.5) is 6.01 Å². The molecule has 6 heteroatoms. The van der Waals surface area contributed by atoms with E-state index in [1.165, 1.54) is 6.07 Å².